The van der Waals surface area contributed by atoms with E-state index in [4.69, 9.17) is 0 Å². The number of hydrogen-bond acceptors (Lipinski definition) is 2. The Kier molecular flexibility index (Phi) is 3.31. The molecule has 0 spiro atoms. The van der Waals surface area contributed by atoms with E-state index in [-0.39, 0.29) is 35.6 Å². The molecule has 1 aromatic carbocycles. The number of carbonyl (C=O) groups is 2. The van der Waals surface area contributed by atoms with Crippen molar-refractivity contribution in [2.75, 3.05) is 20.1 Å². The number of fused-ring (bicyclic) bond motifs is 3. The zero-order valence-corrected chi connectivity index (χ0v) is 12.0. The smallest absolute Gasteiger partial charge is 0.317 e. The molecule has 1 aromatic rings. The van der Waals surface area contributed by atoms with Crippen LogP contribution in [0, 0.1) is 11.7 Å². The molecule has 1 fully saturated rings. The van der Waals surface area contributed by atoms with E-state index in [2.05, 4.69) is 10.6 Å². The van der Waals surface area contributed by atoms with Gasteiger partial charge in [0.2, 0.25) is 5.91 Å². The van der Waals surface area contributed by atoms with Crippen LogP contribution in [0.4, 0.5) is 9.18 Å². The van der Waals surface area contributed by atoms with Crippen LogP contribution < -0.4 is 10.6 Å². The number of rotatable bonds is 1. The van der Waals surface area contributed by atoms with Crippen LogP contribution in [0.5, 0.6) is 0 Å². The second-order valence-electron chi connectivity index (χ2n) is 5.65. The molecule has 1 saturated heterocycles. The molecule has 6 heteroatoms. The number of hydrogen-bond donors (Lipinski definition) is 2. The minimum atomic E-state index is -0.255. The van der Waals surface area contributed by atoms with Crippen molar-refractivity contribution in [2.45, 2.75) is 18.9 Å². The number of likely N-dealkylation sites (tertiary alicyclic amines) is 1. The lowest BCUT2D eigenvalue weighted by Gasteiger charge is -2.22. The Hall–Kier alpha value is -2.11. The topological polar surface area (TPSA) is 61.4 Å². The molecule has 0 unspecified atom stereocenters. The Balaban J connectivity index is 1.98. The molecule has 112 valence electrons. The lowest BCUT2D eigenvalue weighted by atomic mass is 9.94. The summed E-state index contributed by atoms with van der Waals surface area (Å²) in [4.78, 5) is 24.9. The molecule has 0 bridgehead atoms. The van der Waals surface area contributed by atoms with Gasteiger partial charge in [-0.05, 0) is 17.2 Å². The summed E-state index contributed by atoms with van der Waals surface area (Å²) in [6, 6.07) is 4.58. The predicted molar refractivity (Wildman–Crippen MR) is 75.2 cm³/mol. The lowest BCUT2D eigenvalue weighted by Crippen LogP contribution is -2.38. The van der Waals surface area contributed by atoms with E-state index in [9.17, 15) is 14.0 Å². The van der Waals surface area contributed by atoms with Gasteiger partial charge in [0.05, 0.1) is 6.04 Å². The molecular weight excluding hydrogens is 273 g/mol. The summed E-state index contributed by atoms with van der Waals surface area (Å²) in [5.41, 5.74) is 1.49. The summed E-state index contributed by atoms with van der Waals surface area (Å²) in [5.74, 6) is -0.434. The zero-order valence-electron chi connectivity index (χ0n) is 12.0. The number of nitrogens with one attached hydrogen (secondary N) is 2. The van der Waals surface area contributed by atoms with E-state index in [0.717, 1.165) is 5.56 Å². The van der Waals surface area contributed by atoms with Gasteiger partial charge in [0.25, 0.3) is 0 Å². The number of carbonyl (C=O) groups excluding carboxylic acids is 2. The highest BCUT2D eigenvalue weighted by Gasteiger charge is 2.48. The number of amides is 3. The van der Waals surface area contributed by atoms with E-state index in [1.807, 2.05) is 6.07 Å². The molecule has 3 amide bonds. The van der Waals surface area contributed by atoms with Crippen LogP contribution in [0.2, 0.25) is 0 Å². The molecule has 1 heterocycles. The molecule has 2 aliphatic rings. The van der Waals surface area contributed by atoms with E-state index in [1.165, 1.54) is 13.0 Å². The molecule has 0 aromatic heterocycles. The van der Waals surface area contributed by atoms with Gasteiger partial charge in [0.1, 0.15) is 5.82 Å². The van der Waals surface area contributed by atoms with Gasteiger partial charge in [-0.1, -0.05) is 12.1 Å². The highest BCUT2D eigenvalue weighted by atomic mass is 19.1. The molecule has 1 aliphatic carbocycles. The maximum Gasteiger partial charge on any atom is 0.317 e. The highest BCUT2D eigenvalue weighted by Crippen LogP contribution is 2.50. The predicted octanol–water partition coefficient (Wildman–Crippen LogP) is 1.37. The molecule has 3 rings (SSSR count). The third-order valence-electron chi connectivity index (χ3n) is 4.45. The fourth-order valence-corrected chi connectivity index (χ4v) is 3.65. The normalized spacial score (nSPS) is 26.2. The molecule has 0 radical (unpaired) electrons. The maximum absolute atomic E-state index is 14.2. The van der Waals surface area contributed by atoms with Crippen LogP contribution >= 0.6 is 0 Å². The van der Waals surface area contributed by atoms with Crippen molar-refractivity contribution in [3.8, 4) is 0 Å². The molecule has 3 atom stereocenters. The van der Waals surface area contributed by atoms with Gasteiger partial charge in [-0.15, -0.1) is 0 Å². The highest BCUT2D eigenvalue weighted by molar-refractivity contribution is 5.75. The van der Waals surface area contributed by atoms with Gasteiger partial charge in [-0.2, -0.15) is 0 Å². The first kappa shape index (κ1) is 13.9. The van der Waals surface area contributed by atoms with Crippen molar-refractivity contribution < 1.29 is 14.0 Å². The van der Waals surface area contributed by atoms with Gasteiger partial charge >= 0.3 is 6.03 Å². The van der Waals surface area contributed by atoms with E-state index >= 15 is 0 Å². The zero-order chi connectivity index (χ0) is 15.1. The molecule has 21 heavy (non-hydrogen) atoms. The Morgan fingerprint density at radius 3 is 2.76 bits per heavy atom. The van der Waals surface area contributed by atoms with Crippen molar-refractivity contribution in [1.82, 2.24) is 15.5 Å². The second kappa shape index (κ2) is 5.02. The Bertz CT molecular complexity index is 605. The summed E-state index contributed by atoms with van der Waals surface area (Å²) in [6.45, 7) is 2.45. The van der Waals surface area contributed by atoms with Crippen molar-refractivity contribution in [1.29, 1.82) is 0 Å². The average molecular weight is 291 g/mol. The van der Waals surface area contributed by atoms with E-state index in [0.29, 0.717) is 18.7 Å². The van der Waals surface area contributed by atoms with Gasteiger partial charge < -0.3 is 15.5 Å². The molecular formula is C15H18FN3O2. The largest absolute Gasteiger partial charge is 0.349 e. The molecule has 1 aliphatic heterocycles. The van der Waals surface area contributed by atoms with Crippen LogP contribution in [-0.2, 0) is 4.79 Å². The fourth-order valence-electron chi connectivity index (χ4n) is 3.65. The van der Waals surface area contributed by atoms with Gasteiger partial charge in [0.15, 0.2) is 0 Å². The number of urea groups is 1. The first-order chi connectivity index (χ1) is 10.0. The van der Waals surface area contributed by atoms with Crippen molar-refractivity contribution in [2.24, 2.45) is 5.92 Å². The van der Waals surface area contributed by atoms with E-state index < -0.39 is 0 Å². The number of benzene rings is 1. The Morgan fingerprint density at radius 2 is 2.10 bits per heavy atom. The first-order valence-corrected chi connectivity index (χ1v) is 7.05. The van der Waals surface area contributed by atoms with Crippen LogP contribution in [0.3, 0.4) is 0 Å². The summed E-state index contributed by atoms with van der Waals surface area (Å²) in [7, 11) is 1.58. The second-order valence-corrected chi connectivity index (χ2v) is 5.65. The van der Waals surface area contributed by atoms with Gasteiger partial charge in [-0.25, -0.2) is 9.18 Å². The molecule has 2 N–H and O–H groups in total. The maximum atomic E-state index is 14.2. The van der Waals surface area contributed by atoms with Crippen LogP contribution in [-0.4, -0.2) is 37.0 Å². The summed E-state index contributed by atoms with van der Waals surface area (Å²) < 4.78 is 14.2. The van der Waals surface area contributed by atoms with Crippen LogP contribution in [0.15, 0.2) is 18.2 Å². The number of nitrogens with zero attached hydrogens (tertiary/aromatic N) is 1. The van der Waals surface area contributed by atoms with Crippen molar-refractivity contribution in [3.05, 3.63) is 35.1 Å². The summed E-state index contributed by atoms with van der Waals surface area (Å²) in [5, 5.41) is 5.51. The third-order valence-corrected chi connectivity index (χ3v) is 4.45. The summed E-state index contributed by atoms with van der Waals surface area (Å²) in [6.07, 6.45) is 0. The fraction of sp³-hybridized carbons (Fsp3) is 0.467. The quantitative estimate of drug-likeness (QED) is 0.821. The SMILES string of the molecule is CNC(=O)N1C[C@@H]2[C@H](C1)c1c(F)cccc1[C@@H]2NC(C)=O. The monoisotopic (exact) mass is 291 g/mol. The Labute approximate surface area is 122 Å². The van der Waals surface area contributed by atoms with Crippen LogP contribution in [0.1, 0.15) is 30.0 Å². The van der Waals surface area contributed by atoms with Crippen molar-refractivity contribution >= 4 is 11.9 Å². The molecule has 5 nitrogen and oxygen atoms in total. The van der Waals surface area contributed by atoms with Gasteiger partial charge in [0, 0.05) is 38.9 Å². The third kappa shape index (κ3) is 2.14. The van der Waals surface area contributed by atoms with Gasteiger partial charge in [-0.3, -0.25) is 4.79 Å². The lowest BCUT2D eigenvalue weighted by molar-refractivity contribution is -0.120. The minimum absolute atomic E-state index is 0.0260. The van der Waals surface area contributed by atoms with E-state index in [1.54, 1.807) is 18.0 Å². The Morgan fingerprint density at radius 1 is 1.33 bits per heavy atom. The first-order valence-electron chi connectivity index (χ1n) is 7.05. The minimum Gasteiger partial charge on any atom is -0.349 e. The standard InChI is InChI=1S/C15H18FN3O2/c1-8(20)18-14-9-4-3-5-12(16)13(9)10-6-19(7-11(10)14)15(21)17-2/h3-5,10-11,14H,6-7H2,1-2H3,(H,17,21)(H,18,20)/t10-,11+,14-/m0/s1. The van der Waals surface area contributed by atoms with Crippen molar-refractivity contribution in [3.63, 3.8) is 0 Å². The average Bonchev–Trinajstić information content (AvgIpc) is 2.98. The summed E-state index contributed by atoms with van der Waals surface area (Å²) >= 11 is 0. The number of halogens is 1. The van der Waals surface area contributed by atoms with Crippen LogP contribution in [0.25, 0.3) is 0 Å². The molecule has 0 saturated carbocycles.